The van der Waals surface area contributed by atoms with Gasteiger partial charge in [-0.15, -0.1) is 0 Å². The number of halogens is 2. The second kappa shape index (κ2) is 7.63. The van der Waals surface area contributed by atoms with Gasteiger partial charge in [-0.2, -0.15) is 0 Å². The van der Waals surface area contributed by atoms with Crippen molar-refractivity contribution in [2.75, 3.05) is 37.7 Å². The van der Waals surface area contributed by atoms with Gasteiger partial charge >= 0.3 is 0 Å². The Hall–Kier alpha value is -2.12. The number of benzene rings is 1. The standard InChI is InChI=1S/C16H18ClFN4O2/c17-12-1-2-14(13(18)11-12)24-10-9-22-8-5-20-15(16(22)23)21-6-3-19-4-7-21/h1-2,5,8,11,19H,3-4,6-7,9-10H2. The van der Waals surface area contributed by atoms with E-state index >= 15 is 0 Å². The molecule has 1 aromatic carbocycles. The Bertz CT molecular complexity index is 762. The summed E-state index contributed by atoms with van der Waals surface area (Å²) in [7, 11) is 0. The first kappa shape index (κ1) is 16.7. The maximum absolute atomic E-state index is 13.7. The van der Waals surface area contributed by atoms with Gasteiger partial charge in [0.1, 0.15) is 6.61 Å². The molecule has 0 unspecified atom stereocenters. The van der Waals surface area contributed by atoms with Gasteiger partial charge in [0.15, 0.2) is 17.4 Å². The molecule has 1 fully saturated rings. The third-order valence-corrected chi connectivity index (χ3v) is 4.03. The summed E-state index contributed by atoms with van der Waals surface area (Å²) in [5, 5.41) is 3.55. The van der Waals surface area contributed by atoms with Crippen LogP contribution in [0.25, 0.3) is 0 Å². The van der Waals surface area contributed by atoms with Gasteiger partial charge < -0.3 is 19.5 Å². The zero-order chi connectivity index (χ0) is 16.9. The number of hydrogen-bond acceptors (Lipinski definition) is 5. The van der Waals surface area contributed by atoms with Gasteiger partial charge in [0.25, 0.3) is 5.56 Å². The molecule has 24 heavy (non-hydrogen) atoms. The molecular weight excluding hydrogens is 335 g/mol. The average molecular weight is 353 g/mol. The first-order valence-corrected chi connectivity index (χ1v) is 8.12. The molecule has 0 radical (unpaired) electrons. The van der Waals surface area contributed by atoms with E-state index in [-0.39, 0.29) is 17.9 Å². The Balaban J connectivity index is 1.66. The normalized spacial score (nSPS) is 14.7. The van der Waals surface area contributed by atoms with Crippen LogP contribution in [0.2, 0.25) is 5.02 Å². The highest BCUT2D eigenvalue weighted by atomic mass is 35.5. The number of piperazine rings is 1. The summed E-state index contributed by atoms with van der Waals surface area (Å²) in [5.41, 5.74) is -0.167. The summed E-state index contributed by atoms with van der Waals surface area (Å²) < 4.78 is 20.6. The molecule has 128 valence electrons. The van der Waals surface area contributed by atoms with E-state index in [2.05, 4.69) is 10.3 Å². The molecule has 0 aliphatic carbocycles. The minimum Gasteiger partial charge on any atom is -0.489 e. The molecule has 0 atom stereocenters. The summed E-state index contributed by atoms with van der Waals surface area (Å²) in [6.45, 7) is 3.63. The molecule has 6 nitrogen and oxygen atoms in total. The van der Waals surface area contributed by atoms with Crippen LogP contribution in [0.5, 0.6) is 5.75 Å². The van der Waals surface area contributed by atoms with Crippen LogP contribution in [-0.2, 0) is 6.54 Å². The number of aromatic nitrogens is 2. The van der Waals surface area contributed by atoms with Gasteiger partial charge in [-0.25, -0.2) is 9.37 Å². The summed E-state index contributed by atoms with van der Waals surface area (Å²) in [5.74, 6) is 0.0339. The zero-order valence-electron chi connectivity index (χ0n) is 13.0. The predicted molar refractivity (Wildman–Crippen MR) is 90.5 cm³/mol. The van der Waals surface area contributed by atoms with Crippen LogP contribution in [0, 0.1) is 5.82 Å². The molecule has 0 amide bonds. The Morgan fingerprint density at radius 3 is 2.88 bits per heavy atom. The van der Waals surface area contributed by atoms with Crippen molar-refractivity contribution in [3.63, 3.8) is 0 Å². The molecular formula is C16H18ClFN4O2. The second-order valence-electron chi connectivity index (χ2n) is 5.41. The third-order valence-electron chi connectivity index (χ3n) is 3.80. The lowest BCUT2D eigenvalue weighted by Gasteiger charge is -2.27. The van der Waals surface area contributed by atoms with Crippen molar-refractivity contribution < 1.29 is 9.13 Å². The van der Waals surface area contributed by atoms with Crippen molar-refractivity contribution in [1.82, 2.24) is 14.9 Å². The molecule has 2 aromatic rings. The van der Waals surface area contributed by atoms with E-state index in [1.807, 2.05) is 4.90 Å². The molecule has 2 heterocycles. The topological polar surface area (TPSA) is 59.4 Å². The van der Waals surface area contributed by atoms with E-state index in [9.17, 15) is 9.18 Å². The maximum Gasteiger partial charge on any atom is 0.293 e. The lowest BCUT2D eigenvalue weighted by molar-refractivity contribution is 0.282. The van der Waals surface area contributed by atoms with Gasteiger partial charge in [0.2, 0.25) is 0 Å². The van der Waals surface area contributed by atoms with Crippen molar-refractivity contribution >= 4 is 17.4 Å². The monoisotopic (exact) mass is 352 g/mol. The SMILES string of the molecule is O=c1c(N2CCNCC2)nccn1CCOc1ccc(Cl)cc1F. The minimum absolute atomic E-state index is 0.115. The Morgan fingerprint density at radius 1 is 1.33 bits per heavy atom. The Labute approximate surface area is 143 Å². The summed E-state index contributed by atoms with van der Waals surface area (Å²) in [4.78, 5) is 18.7. The quantitative estimate of drug-likeness (QED) is 0.884. The van der Waals surface area contributed by atoms with Crippen LogP contribution < -0.4 is 20.5 Å². The first-order valence-electron chi connectivity index (χ1n) is 7.74. The summed E-state index contributed by atoms with van der Waals surface area (Å²) >= 11 is 5.70. The van der Waals surface area contributed by atoms with Gasteiger partial charge in [-0.1, -0.05) is 11.6 Å². The lowest BCUT2D eigenvalue weighted by Crippen LogP contribution is -2.46. The zero-order valence-corrected chi connectivity index (χ0v) is 13.8. The number of nitrogens with zero attached hydrogens (tertiary/aromatic N) is 3. The number of hydrogen-bond donors (Lipinski definition) is 1. The molecule has 3 rings (SSSR count). The van der Waals surface area contributed by atoms with E-state index in [1.54, 1.807) is 18.5 Å². The van der Waals surface area contributed by atoms with E-state index in [0.717, 1.165) is 26.2 Å². The number of nitrogens with one attached hydrogen (secondary N) is 1. The fraction of sp³-hybridized carbons (Fsp3) is 0.375. The van der Waals surface area contributed by atoms with E-state index in [0.29, 0.717) is 17.4 Å². The van der Waals surface area contributed by atoms with Gasteiger partial charge in [-0.05, 0) is 18.2 Å². The number of anilines is 1. The molecule has 0 spiro atoms. The minimum atomic E-state index is -0.522. The van der Waals surface area contributed by atoms with Crippen LogP contribution in [0.15, 0.2) is 35.4 Å². The first-order chi connectivity index (χ1) is 11.6. The lowest BCUT2D eigenvalue weighted by atomic mass is 10.3. The molecule has 1 saturated heterocycles. The van der Waals surface area contributed by atoms with Gasteiger partial charge in [-0.3, -0.25) is 4.79 Å². The van der Waals surface area contributed by atoms with Crippen molar-refractivity contribution in [1.29, 1.82) is 0 Å². The van der Waals surface area contributed by atoms with Crippen molar-refractivity contribution in [3.8, 4) is 5.75 Å². The van der Waals surface area contributed by atoms with Crippen molar-refractivity contribution in [3.05, 3.63) is 51.8 Å². The van der Waals surface area contributed by atoms with Crippen LogP contribution in [0.1, 0.15) is 0 Å². The largest absolute Gasteiger partial charge is 0.489 e. The second-order valence-corrected chi connectivity index (χ2v) is 5.85. The average Bonchev–Trinajstić information content (AvgIpc) is 2.59. The molecule has 1 aromatic heterocycles. The van der Waals surface area contributed by atoms with Crippen LogP contribution in [0.3, 0.4) is 0 Å². The maximum atomic E-state index is 13.7. The van der Waals surface area contributed by atoms with Crippen molar-refractivity contribution in [2.45, 2.75) is 6.54 Å². The van der Waals surface area contributed by atoms with Crippen molar-refractivity contribution in [2.24, 2.45) is 0 Å². The fourth-order valence-electron chi connectivity index (χ4n) is 2.55. The predicted octanol–water partition coefficient (Wildman–Crippen LogP) is 1.52. The molecule has 8 heteroatoms. The molecule has 0 bridgehead atoms. The van der Waals surface area contributed by atoms with E-state index in [1.165, 1.54) is 16.7 Å². The summed E-state index contributed by atoms with van der Waals surface area (Å²) in [6.07, 6.45) is 3.21. The van der Waals surface area contributed by atoms with E-state index < -0.39 is 5.82 Å². The molecule has 0 saturated carbocycles. The van der Waals surface area contributed by atoms with Gasteiger partial charge in [0.05, 0.1) is 6.54 Å². The number of rotatable bonds is 5. The highest BCUT2D eigenvalue weighted by Crippen LogP contribution is 2.20. The highest BCUT2D eigenvalue weighted by molar-refractivity contribution is 6.30. The van der Waals surface area contributed by atoms with Crippen LogP contribution in [0.4, 0.5) is 10.2 Å². The Kier molecular flexibility index (Phi) is 5.32. The van der Waals surface area contributed by atoms with Crippen LogP contribution in [-0.4, -0.2) is 42.3 Å². The number of ether oxygens (including phenoxy) is 1. The molecule has 1 aliphatic heterocycles. The van der Waals surface area contributed by atoms with E-state index in [4.69, 9.17) is 16.3 Å². The fourth-order valence-corrected chi connectivity index (χ4v) is 2.71. The highest BCUT2D eigenvalue weighted by Gasteiger charge is 2.16. The summed E-state index contributed by atoms with van der Waals surface area (Å²) in [6, 6.07) is 4.22. The Morgan fingerprint density at radius 2 is 2.12 bits per heavy atom. The molecule has 1 aliphatic rings. The smallest absolute Gasteiger partial charge is 0.293 e. The third kappa shape index (κ3) is 3.85. The van der Waals surface area contributed by atoms with Crippen LogP contribution >= 0.6 is 11.6 Å². The van der Waals surface area contributed by atoms with Gasteiger partial charge in [0, 0.05) is 43.6 Å². The molecule has 1 N–H and O–H groups in total.